The molecule has 0 aliphatic heterocycles. The number of rotatable bonds is 0. The third-order valence-electron chi connectivity index (χ3n) is 2.00. The lowest BCUT2D eigenvalue weighted by Crippen LogP contribution is -2.60. The largest absolute Gasteiger partial charge is 0.361 e. The summed E-state index contributed by atoms with van der Waals surface area (Å²) >= 11 is 22.6. The number of hydrogen-bond donors (Lipinski definition) is 2. The average Bonchev–Trinajstić information content (AvgIpc) is 1.83. The van der Waals surface area contributed by atoms with E-state index < -0.39 is 14.5 Å². The van der Waals surface area contributed by atoms with Gasteiger partial charge in [0.15, 0.2) is 8.67 Å². The summed E-state index contributed by atoms with van der Waals surface area (Å²) in [7, 11) is 0. The van der Waals surface area contributed by atoms with Crippen molar-refractivity contribution in [3.05, 3.63) is 0 Å². The second-order valence-corrected chi connectivity index (χ2v) is 5.90. The molecule has 0 aromatic rings. The number of alkyl halides is 4. The summed E-state index contributed by atoms with van der Waals surface area (Å²) in [5.74, 6) is -2.47. The molecule has 0 aromatic carbocycles. The lowest BCUT2D eigenvalue weighted by molar-refractivity contribution is -0.193. The Hall–Kier alpha value is 1.08. The predicted octanol–water partition coefficient (Wildman–Crippen LogP) is 2.20. The molecule has 0 bridgehead atoms. The minimum Gasteiger partial charge on any atom is -0.361 e. The van der Waals surface area contributed by atoms with E-state index in [1.807, 2.05) is 0 Å². The highest BCUT2D eigenvalue weighted by molar-refractivity contribution is 6.54. The summed E-state index contributed by atoms with van der Waals surface area (Å²) in [6, 6.07) is 0. The highest BCUT2D eigenvalue weighted by atomic mass is 35.5. The van der Waals surface area contributed by atoms with Gasteiger partial charge in [0.1, 0.15) is 0 Å². The molecule has 6 heteroatoms. The zero-order valence-corrected chi connectivity index (χ0v) is 9.05. The second-order valence-electron chi connectivity index (χ2n) is 2.93. The quantitative estimate of drug-likeness (QED) is 0.513. The van der Waals surface area contributed by atoms with E-state index >= 15 is 0 Å². The fourth-order valence-electron chi connectivity index (χ4n) is 1.15. The van der Waals surface area contributed by atoms with Crippen LogP contribution in [0.4, 0.5) is 0 Å². The smallest absolute Gasteiger partial charge is 0.230 e. The van der Waals surface area contributed by atoms with Crippen molar-refractivity contribution in [2.75, 3.05) is 0 Å². The van der Waals surface area contributed by atoms with Crippen molar-refractivity contribution in [2.45, 2.75) is 33.7 Å². The van der Waals surface area contributed by atoms with Crippen LogP contribution < -0.4 is 0 Å². The van der Waals surface area contributed by atoms with Gasteiger partial charge in [-0.2, -0.15) is 0 Å². The first kappa shape index (κ1) is 11.2. The Morgan fingerprint density at radius 1 is 0.833 bits per heavy atom. The van der Waals surface area contributed by atoms with Crippen molar-refractivity contribution in [1.82, 2.24) is 0 Å². The fraction of sp³-hybridized carbons (Fsp3) is 1.00. The molecule has 0 atom stereocenters. The van der Waals surface area contributed by atoms with Gasteiger partial charge in [0.05, 0.1) is 0 Å². The Bertz CT molecular complexity index is 172. The molecule has 2 nitrogen and oxygen atoms in total. The molecule has 1 saturated carbocycles. The lowest BCUT2D eigenvalue weighted by Gasteiger charge is -2.45. The van der Waals surface area contributed by atoms with E-state index in [0.29, 0.717) is 6.42 Å². The summed E-state index contributed by atoms with van der Waals surface area (Å²) in [6.45, 7) is 0. The van der Waals surface area contributed by atoms with E-state index in [1.165, 1.54) is 0 Å². The Morgan fingerprint density at radius 2 is 1.17 bits per heavy atom. The van der Waals surface area contributed by atoms with E-state index in [2.05, 4.69) is 0 Å². The van der Waals surface area contributed by atoms with Crippen LogP contribution in [0.5, 0.6) is 0 Å². The Labute approximate surface area is 90.4 Å². The highest BCUT2D eigenvalue weighted by Gasteiger charge is 2.62. The highest BCUT2D eigenvalue weighted by Crippen LogP contribution is 2.53. The van der Waals surface area contributed by atoms with Gasteiger partial charge in [-0.3, -0.25) is 0 Å². The van der Waals surface area contributed by atoms with E-state index in [-0.39, 0.29) is 12.8 Å². The zero-order chi connectivity index (χ0) is 9.62. The van der Waals surface area contributed by atoms with Crippen LogP contribution in [-0.2, 0) is 0 Å². The summed E-state index contributed by atoms with van der Waals surface area (Å²) in [5.41, 5.74) is 0. The first-order valence-electron chi connectivity index (χ1n) is 3.41. The summed E-state index contributed by atoms with van der Waals surface area (Å²) in [6.07, 6.45) is 1.07. The van der Waals surface area contributed by atoms with Crippen LogP contribution in [0.3, 0.4) is 0 Å². The van der Waals surface area contributed by atoms with Gasteiger partial charge < -0.3 is 10.2 Å². The fourth-order valence-corrected chi connectivity index (χ4v) is 2.52. The number of halogens is 4. The van der Waals surface area contributed by atoms with Crippen LogP contribution >= 0.6 is 46.4 Å². The molecular formula is C6H8Cl4O2. The maximum Gasteiger partial charge on any atom is 0.230 e. The van der Waals surface area contributed by atoms with Gasteiger partial charge in [0.2, 0.25) is 5.79 Å². The van der Waals surface area contributed by atoms with Crippen molar-refractivity contribution in [1.29, 1.82) is 0 Å². The van der Waals surface area contributed by atoms with Crippen molar-refractivity contribution in [3.8, 4) is 0 Å². The molecule has 0 radical (unpaired) electrons. The predicted molar refractivity (Wildman–Crippen MR) is 49.9 cm³/mol. The van der Waals surface area contributed by atoms with E-state index in [1.54, 1.807) is 0 Å². The minimum absolute atomic E-state index is 0.254. The molecule has 0 aromatic heterocycles. The van der Waals surface area contributed by atoms with Gasteiger partial charge in [-0.15, -0.1) is 0 Å². The molecule has 1 aliphatic rings. The van der Waals surface area contributed by atoms with Crippen LogP contribution in [0.25, 0.3) is 0 Å². The molecular weight excluding hydrogens is 246 g/mol. The molecule has 0 spiro atoms. The van der Waals surface area contributed by atoms with Crippen LogP contribution in [0, 0.1) is 0 Å². The molecule has 72 valence electrons. The van der Waals surface area contributed by atoms with E-state index in [9.17, 15) is 10.2 Å². The van der Waals surface area contributed by atoms with Crippen molar-refractivity contribution in [3.63, 3.8) is 0 Å². The summed E-state index contributed by atoms with van der Waals surface area (Å²) in [4.78, 5) is 0. The van der Waals surface area contributed by atoms with Gasteiger partial charge in [-0.25, -0.2) is 0 Å². The van der Waals surface area contributed by atoms with E-state index in [0.717, 1.165) is 0 Å². The summed E-state index contributed by atoms with van der Waals surface area (Å²) in [5, 5.41) is 18.9. The van der Waals surface area contributed by atoms with Crippen LogP contribution in [0.15, 0.2) is 0 Å². The Morgan fingerprint density at radius 3 is 1.42 bits per heavy atom. The Kier molecular flexibility index (Phi) is 2.83. The first-order chi connectivity index (χ1) is 5.21. The normalized spacial score (nSPS) is 31.5. The molecule has 1 rings (SSSR count). The first-order valence-corrected chi connectivity index (χ1v) is 4.92. The topological polar surface area (TPSA) is 40.5 Å². The van der Waals surface area contributed by atoms with Crippen LogP contribution in [0.1, 0.15) is 19.3 Å². The molecule has 0 amide bonds. The molecule has 0 unspecified atom stereocenters. The van der Waals surface area contributed by atoms with Crippen LogP contribution in [-0.4, -0.2) is 24.7 Å². The van der Waals surface area contributed by atoms with E-state index in [4.69, 9.17) is 46.4 Å². The van der Waals surface area contributed by atoms with Crippen molar-refractivity contribution in [2.24, 2.45) is 0 Å². The maximum atomic E-state index is 9.46. The summed E-state index contributed by atoms with van der Waals surface area (Å²) < 4.78 is -3.40. The third kappa shape index (κ3) is 1.54. The SMILES string of the molecule is OC1(O)C(Cl)(Cl)CCCC1(Cl)Cl. The van der Waals surface area contributed by atoms with Gasteiger partial charge in [-0.05, 0) is 19.3 Å². The van der Waals surface area contributed by atoms with Crippen molar-refractivity contribution < 1.29 is 10.2 Å². The minimum atomic E-state index is -2.47. The molecule has 0 saturated heterocycles. The average molecular weight is 254 g/mol. The lowest BCUT2D eigenvalue weighted by atomic mass is 9.92. The van der Waals surface area contributed by atoms with Crippen molar-refractivity contribution >= 4 is 46.4 Å². The van der Waals surface area contributed by atoms with Gasteiger partial charge >= 0.3 is 0 Å². The molecule has 2 N–H and O–H groups in total. The standard InChI is InChI=1S/C6H8Cl4O2/c7-4(8)2-1-3-5(9,10)6(4,11)12/h11-12H,1-3H2. The maximum absolute atomic E-state index is 9.46. The zero-order valence-electron chi connectivity index (χ0n) is 6.03. The third-order valence-corrected chi connectivity index (χ3v) is 3.81. The number of hydrogen-bond acceptors (Lipinski definition) is 2. The molecule has 12 heavy (non-hydrogen) atoms. The molecule has 1 fully saturated rings. The second kappa shape index (κ2) is 3.04. The number of aliphatic hydroxyl groups is 2. The molecule has 1 aliphatic carbocycles. The monoisotopic (exact) mass is 252 g/mol. The van der Waals surface area contributed by atoms with Gasteiger partial charge in [-0.1, -0.05) is 46.4 Å². The van der Waals surface area contributed by atoms with Crippen LogP contribution in [0.2, 0.25) is 0 Å². The van der Waals surface area contributed by atoms with Gasteiger partial charge in [0.25, 0.3) is 0 Å². The Balaban J connectivity index is 2.99. The van der Waals surface area contributed by atoms with Gasteiger partial charge in [0, 0.05) is 0 Å². The molecule has 0 heterocycles.